The summed E-state index contributed by atoms with van der Waals surface area (Å²) in [5.74, 6) is -0.788. The van der Waals surface area contributed by atoms with Crippen LogP contribution in [0.3, 0.4) is 0 Å². The predicted molar refractivity (Wildman–Crippen MR) is 57.4 cm³/mol. The molecule has 0 aliphatic rings. The van der Waals surface area contributed by atoms with Gasteiger partial charge < -0.3 is 0 Å². The summed E-state index contributed by atoms with van der Waals surface area (Å²) < 4.78 is 38.4. The Hall–Kier alpha value is -0.940. The summed E-state index contributed by atoms with van der Waals surface area (Å²) in [6.07, 6.45) is 0. The van der Waals surface area contributed by atoms with Gasteiger partial charge in [0.1, 0.15) is 5.82 Å². The maximum atomic E-state index is 13.3. The van der Waals surface area contributed by atoms with Gasteiger partial charge in [-0.3, -0.25) is 0 Å². The highest BCUT2D eigenvalue weighted by molar-refractivity contribution is 7.88. The number of hydrogen-bond acceptors (Lipinski definition) is 2. The van der Waals surface area contributed by atoms with Crippen molar-refractivity contribution in [3.63, 3.8) is 0 Å². The van der Waals surface area contributed by atoms with E-state index in [1.54, 1.807) is 19.9 Å². The van der Waals surface area contributed by atoms with Gasteiger partial charge >= 0.3 is 0 Å². The molecule has 0 amide bonds. The highest BCUT2D eigenvalue weighted by Gasteiger charge is 2.13. The van der Waals surface area contributed by atoms with Crippen LogP contribution in [0.2, 0.25) is 0 Å². The van der Waals surface area contributed by atoms with E-state index in [0.29, 0.717) is 6.54 Å². The standard InChI is InChI=1S/C10H14FNO2S/c1-3-12-15(13,14)7-9-5-4-8(2)6-10(9)11/h4-6,12H,3,7H2,1-2H3. The second-order valence-electron chi connectivity index (χ2n) is 3.35. The Labute approximate surface area is 89.4 Å². The van der Waals surface area contributed by atoms with Crippen molar-refractivity contribution < 1.29 is 12.8 Å². The SMILES string of the molecule is CCNS(=O)(=O)Cc1ccc(C)cc1F. The van der Waals surface area contributed by atoms with Crippen molar-refractivity contribution in [3.05, 3.63) is 35.1 Å². The van der Waals surface area contributed by atoms with Gasteiger partial charge in [0.05, 0.1) is 5.75 Å². The van der Waals surface area contributed by atoms with E-state index in [2.05, 4.69) is 4.72 Å². The lowest BCUT2D eigenvalue weighted by Gasteiger charge is -2.06. The molecule has 3 nitrogen and oxygen atoms in total. The first-order valence-corrected chi connectivity index (χ1v) is 6.32. The second-order valence-corrected chi connectivity index (χ2v) is 5.16. The first kappa shape index (κ1) is 12.1. The molecule has 0 unspecified atom stereocenters. The highest BCUT2D eigenvalue weighted by Crippen LogP contribution is 2.12. The third-order valence-corrected chi connectivity index (χ3v) is 3.34. The predicted octanol–water partition coefficient (Wildman–Crippen LogP) is 1.57. The van der Waals surface area contributed by atoms with E-state index in [1.165, 1.54) is 12.1 Å². The van der Waals surface area contributed by atoms with Gasteiger partial charge in [-0.15, -0.1) is 0 Å². The van der Waals surface area contributed by atoms with Crippen LogP contribution in [0.15, 0.2) is 18.2 Å². The molecule has 0 aliphatic carbocycles. The maximum Gasteiger partial charge on any atom is 0.215 e. The molecule has 0 radical (unpaired) electrons. The summed E-state index contributed by atoms with van der Waals surface area (Å²) in [5, 5.41) is 0. The molecule has 0 heterocycles. The molecule has 84 valence electrons. The molecule has 1 N–H and O–H groups in total. The largest absolute Gasteiger partial charge is 0.215 e. The average molecular weight is 231 g/mol. The average Bonchev–Trinajstić information content (AvgIpc) is 2.09. The van der Waals surface area contributed by atoms with Gasteiger partial charge in [0.15, 0.2) is 0 Å². The van der Waals surface area contributed by atoms with Crippen LogP contribution in [-0.4, -0.2) is 15.0 Å². The minimum atomic E-state index is -3.41. The summed E-state index contributed by atoms with van der Waals surface area (Å²) in [4.78, 5) is 0. The minimum Gasteiger partial charge on any atom is -0.215 e. The normalized spacial score (nSPS) is 11.7. The molecule has 0 saturated heterocycles. The van der Waals surface area contributed by atoms with Crippen LogP contribution in [0.25, 0.3) is 0 Å². The molecular weight excluding hydrogens is 217 g/mol. The molecule has 5 heteroatoms. The van der Waals surface area contributed by atoms with Crippen LogP contribution in [0.5, 0.6) is 0 Å². The zero-order valence-electron chi connectivity index (χ0n) is 8.75. The summed E-state index contributed by atoms with van der Waals surface area (Å²) in [5.41, 5.74) is 0.971. The van der Waals surface area contributed by atoms with E-state index >= 15 is 0 Å². The Morgan fingerprint density at radius 2 is 2.07 bits per heavy atom. The number of rotatable bonds is 4. The van der Waals surface area contributed by atoms with Gasteiger partial charge in [0.25, 0.3) is 0 Å². The van der Waals surface area contributed by atoms with E-state index < -0.39 is 15.8 Å². The summed E-state index contributed by atoms with van der Waals surface area (Å²) in [7, 11) is -3.41. The van der Waals surface area contributed by atoms with Crippen LogP contribution in [0.4, 0.5) is 4.39 Å². The zero-order valence-corrected chi connectivity index (χ0v) is 9.57. The van der Waals surface area contributed by atoms with Crippen molar-refractivity contribution in [2.24, 2.45) is 0 Å². The summed E-state index contributed by atoms with van der Waals surface area (Å²) in [6, 6.07) is 4.52. The third-order valence-electron chi connectivity index (χ3n) is 1.92. The summed E-state index contributed by atoms with van der Waals surface area (Å²) in [6.45, 7) is 3.75. The van der Waals surface area contributed by atoms with E-state index in [0.717, 1.165) is 5.56 Å². The molecule has 0 atom stereocenters. The van der Waals surface area contributed by atoms with Gasteiger partial charge in [0.2, 0.25) is 10.0 Å². The van der Waals surface area contributed by atoms with Crippen molar-refractivity contribution in [1.29, 1.82) is 0 Å². The Balaban J connectivity index is 2.90. The Morgan fingerprint density at radius 3 is 2.60 bits per heavy atom. The van der Waals surface area contributed by atoms with Gasteiger partial charge in [-0.1, -0.05) is 19.1 Å². The lowest BCUT2D eigenvalue weighted by molar-refractivity contribution is 0.576. The van der Waals surface area contributed by atoms with Crippen molar-refractivity contribution in [2.75, 3.05) is 6.54 Å². The van der Waals surface area contributed by atoms with Crippen molar-refractivity contribution in [1.82, 2.24) is 4.72 Å². The quantitative estimate of drug-likeness (QED) is 0.855. The molecule has 15 heavy (non-hydrogen) atoms. The fraction of sp³-hybridized carbons (Fsp3) is 0.400. The minimum absolute atomic E-state index is 0.196. The van der Waals surface area contributed by atoms with Gasteiger partial charge in [0, 0.05) is 12.1 Å². The van der Waals surface area contributed by atoms with E-state index in [1.807, 2.05) is 0 Å². The van der Waals surface area contributed by atoms with Crippen LogP contribution >= 0.6 is 0 Å². The smallest absolute Gasteiger partial charge is 0.215 e. The topological polar surface area (TPSA) is 46.2 Å². The molecule has 1 aromatic carbocycles. The number of benzene rings is 1. The summed E-state index contributed by atoms with van der Waals surface area (Å²) >= 11 is 0. The molecule has 0 spiro atoms. The van der Waals surface area contributed by atoms with Crippen LogP contribution in [0.1, 0.15) is 18.1 Å². The van der Waals surface area contributed by atoms with Gasteiger partial charge in [-0.05, 0) is 18.6 Å². The molecule has 0 aliphatic heterocycles. The monoisotopic (exact) mass is 231 g/mol. The van der Waals surface area contributed by atoms with Crippen LogP contribution in [-0.2, 0) is 15.8 Å². The number of aryl methyl sites for hydroxylation is 1. The fourth-order valence-electron chi connectivity index (χ4n) is 1.25. The van der Waals surface area contributed by atoms with Gasteiger partial charge in [-0.2, -0.15) is 0 Å². The number of halogens is 1. The molecule has 0 bridgehead atoms. The van der Waals surface area contributed by atoms with Crippen LogP contribution < -0.4 is 4.72 Å². The number of nitrogens with one attached hydrogen (secondary N) is 1. The highest BCUT2D eigenvalue weighted by atomic mass is 32.2. The maximum absolute atomic E-state index is 13.3. The lowest BCUT2D eigenvalue weighted by Crippen LogP contribution is -2.25. The van der Waals surface area contributed by atoms with E-state index in [4.69, 9.17) is 0 Å². The Bertz CT molecular complexity index is 443. The Morgan fingerprint density at radius 1 is 1.40 bits per heavy atom. The third kappa shape index (κ3) is 3.60. The molecule has 1 rings (SSSR count). The zero-order chi connectivity index (χ0) is 11.5. The Kier molecular flexibility index (Phi) is 3.82. The fourth-order valence-corrected chi connectivity index (χ4v) is 2.43. The van der Waals surface area contributed by atoms with Crippen LogP contribution in [0, 0.1) is 12.7 Å². The van der Waals surface area contributed by atoms with Crippen molar-refractivity contribution in [2.45, 2.75) is 19.6 Å². The second kappa shape index (κ2) is 4.72. The number of hydrogen-bond donors (Lipinski definition) is 1. The lowest BCUT2D eigenvalue weighted by atomic mass is 10.2. The van der Waals surface area contributed by atoms with Crippen molar-refractivity contribution >= 4 is 10.0 Å². The van der Waals surface area contributed by atoms with E-state index in [-0.39, 0.29) is 11.3 Å². The molecule has 1 aromatic rings. The number of sulfonamides is 1. The molecule has 0 saturated carbocycles. The molecule has 0 fully saturated rings. The van der Waals surface area contributed by atoms with Crippen molar-refractivity contribution in [3.8, 4) is 0 Å². The van der Waals surface area contributed by atoms with E-state index in [9.17, 15) is 12.8 Å². The molecule has 0 aromatic heterocycles. The van der Waals surface area contributed by atoms with Gasteiger partial charge in [-0.25, -0.2) is 17.5 Å². The first-order chi connectivity index (χ1) is 6.94. The molecular formula is C10H14FNO2S. The first-order valence-electron chi connectivity index (χ1n) is 4.67.